The number of nitrogens with one attached hydrogen (secondary N) is 1. The minimum Gasteiger partial charge on any atom is -0.497 e. The number of rotatable bonds is 8. The van der Waals surface area contributed by atoms with Crippen LogP contribution >= 0.6 is 11.8 Å². The third kappa shape index (κ3) is 5.56. The molecular formula is C21H21N3O2S. The number of benzene rings is 1. The fourth-order valence-electron chi connectivity index (χ4n) is 2.52. The molecule has 0 spiro atoms. The molecule has 3 rings (SSSR count). The Bertz CT molecular complexity index is 870. The predicted molar refractivity (Wildman–Crippen MR) is 107 cm³/mol. The van der Waals surface area contributed by atoms with Crippen LogP contribution in [0.3, 0.4) is 0 Å². The van der Waals surface area contributed by atoms with Gasteiger partial charge in [-0.1, -0.05) is 12.1 Å². The van der Waals surface area contributed by atoms with Crippen LogP contribution in [0.5, 0.6) is 5.75 Å². The van der Waals surface area contributed by atoms with Gasteiger partial charge in [-0.05, 0) is 53.9 Å². The van der Waals surface area contributed by atoms with Crippen molar-refractivity contribution in [2.24, 2.45) is 0 Å². The molecule has 0 atom stereocenters. The Kier molecular flexibility index (Phi) is 6.82. The minimum absolute atomic E-state index is 0.103. The van der Waals surface area contributed by atoms with Gasteiger partial charge >= 0.3 is 0 Å². The van der Waals surface area contributed by atoms with Crippen molar-refractivity contribution in [1.29, 1.82) is 0 Å². The van der Waals surface area contributed by atoms with Gasteiger partial charge in [-0.3, -0.25) is 9.78 Å². The van der Waals surface area contributed by atoms with E-state index in [2.05, 4.69) is 15.3 Å². The molecule has 0 bridgehead atoms. The molecule has 0 saturated heterocycles. The molecule has 0 saturated carbocycles. The SMILES string of the molecule is COc1ccc(CCNC(=O)c2cccnc2SCc2ccncc2)cc1. The van der Waals surface area contributed by atoms with E-state index in [0.717, 1.165) is 34.1 Å². The minimum atomic E-state index is -0.103. The normalized spacial score (nSPS) is 10.4. The van der Waals surface area contributed by atoms with Crippen LogP contribution < -0.4 is 10.1 Å². The molecule has 27 heavy (non-hydrogen) atoms. The van der Waals surface area contributed by atoms with Crippen molar-refractivity contribution in [3.63, 3.8) is 0 Å². The average Bonchev–Trinajstić information content (AvgIpc) is 2.73. The van der Waals surface area contributed by atoms with E-state index in [4.69, 9.17) is 4.74 Å². The van der Waals surface area contributed by atoms with Gasteiger partial charge in [0.25, 0.3) is 5.91 Å². The summed E-state index contributed by atoms with van der Waals surface area (Å²) in [6, 6.07) is 15.4. The van der Waals surface area contributed by atoms with Gasteiger partial charge in [0.2, 0.25) is 0 Å². The van der Waals surface area contributed by atoms with Gasteiger partial charge in [-0.2, -0.15) is 0 Å². The second kappa shape index (κ2) is 9.73. The summed E-state index contributed by atoms with van der Waals surface area (Å²) in [6.45, 7) is 0.564. The topological polar surface area (TPSA) is 64.1 Å². The molecule has 2 aromatic heterocycles. The molecule has 2 heterocycles. The van der Waals surface area contributed by atoms with Crippen LogP contribution in [0.25, 0.3) is 0 Å². The molecule has 6 heteroatoms. The molecule has 3 aromatic rings. The van der Waals surface area contributed by atoms with Crippen molar-refractivity contribution in [3.8, 4) is 5.75 Å². The fourth-order valence-corrected chi connectivity index (χ4v) is 3.46. The molecule has 0 aliphatic rings. The predicted octanol–water partition coefficient (Wildman–Crippen LogP) is 3.75. The number of nitrogens with zero attached hydrogens (tertiary/aromatic N) is 2. The number of thioether (sulfide) groups is 1. The molecule has 1 aromatic carbocycles. The van der Waals surface area contributed by atoms with E-state index in [0.29, 0.717) is 12.1 Å². The molecule has 138 valence electrons. The second-order valence-corrected chi connectivity index (χ2v) is 6.82. The number of pyridine rings is 2. The molecule has 0 fully saturated rings. The summed E-state index contributed by atoms with van der Waals surface area (Å²) in [5, 5.41) is 3.71. The largest absolute Gasteiger partial charge is 0.497 e. The lowest BCUT2D eigenvalue weighted by molar-refractivity contribution is 0.0950. The lowest BCUT2D eigenvalue weighted by Gasteiger charge is -2.09. The Morgan fingerprint density at radius 1 is 1.04 bits per heavy atom. The highest BCUT2D eigenvalue weighted by Gasteiger charge is 2.12. The number of carbonyl (C=O) groups excluding carboxylic acids is 1. The number of aromatic nitrogens is 2. The Labute approximate surface area is 163 Å². The molecule has 0 radical (unpaired) electrons. The smallest absolute Gasteiger partial charge is 0.254 e. The Balaban J connectivity index is 1.56. The first kappa shape index (κ1) is 18.9. The zero-order chi connectivity index (χ0) is 18.9. The zero-order valence-electron chi connectivity index (χ0n) is 15.1. The van der Waals surface area contributed by atoms with Crippen molar-refractivity contribution in [3.05, 3.63) is 83.8 Å². The van der Waals surface area contributed by atoms with Gasteiger partial charge in [-0.15, -0.1) is 11.8 Å². The summed E-state index contributed by atoms with van der Waals surface area (Å²) in [5.74, 6) is 1.47. The van der Waals surface area contributed by atoms with Crippen molar-refractivity contribution >= 4 is 17.7 Å². The van der Waals surface area contributed by atoms with Gasteiger partial charge < -0.3 is 10.1 Å². The Morgan fingerprint density at radius 3 is 2.56 bits per heavy atom. The Hall–Kier alpha value is -2.86. The second-order valence-electron chi connectivity index (χ2n) is 5.85. The number of ether oxygens (including phenoxy) is 1. The van der Waals surface area contributed by atoms with Crippen LogP contribution in [0.15, 0.2) is 72.1 Å². The average molecular weight is 379 g/mol. The summed E-state index contributed by atoms with van der Waals surface area (Å²) in [6.07, 6.45) is 6.00. The summed E-state index contributed by atoms with van der Waals surface area (Å²) in [7, 11) is 1.65. The summed E-state index contributed by atoms with van der Waals surface area (Å²) < 4.78 is 5.16. The van der Waals surface area contributed by atoms with E-state index < -0.39 is 0 Å². The Morgan fingerprint density at radius 2 is 1.81 bits per heavy atom. The van der Waals surface area contributed by atoms with E-state index in [1.54, 1.807) is 43.5 Å². The van der Waals surface area contributed by atoms with E-state index in [9.17, 15) is 4.79 Å². The summed E-state index contributed by atoms with van der Waals surface area (Å²) in [5.41, 5.74) is 2.90. The first-order chi connectivity index (χ1) is 13.3. The van der Waals surface area contributed by atoms with E-state index in [-0.39, 0.29) is 5.91 Å². The number of carbonyl (C=O) groups is 1. The molecule has 1 amide bonds. The summed E-state index contributed by atoms with van der Waals surface area (Å²) >= 11 is 1.55. The standard InChI is InChI=1S/C21H21N3O2S/c1-26-18-6-4-16(5-7-18)10-14-23-20(25)19-3-2-11-24-21(19)27-15-17-8-12-22-13-9-17/h2-9,11-13H,10,14-15H2,1H3,(H,23,25). The van der Waals surface area contributed by atoms with E-state index >= 15 is 0 Å². The van der Waals surface area contributed by atoms with Crippen molar-refractivity contribution in [2.75, 3.05) is 13.7 Å². The number of amides is 1. The lowest BCUT2D eigenvalue weighted by atomic mass is 10.1. The highest BCUT2D eigenvalue weighted by Crippen LogP contribution is 2.24. The maximum Gasteiger partial charge on any atom is 0.254 e. The van der Waals surface area contributed by atoms with Crippen molar-refractivity contribution in [2.45, 2.75) is 17.2 Å². The third-order valence-electron chi connectivity index (χ3n) is 4.00. The quantitative estimate of drug-likeness (QED) is 0.604. The molecule has 0 aliphatic carbocycles. The van der Waals surface area contributed by atoms with Crippen LogP contribution in [0.1, 0.15) is 21.5 Å². The van der Waals surface area contributed by atoms with E-state index in [1.807, 2.05) is 42.5 Å². The number of hydrogen-bond acceptors (Lipinski definition) is 5. The number of hydrogen-bond donors (Lipinski definition) is 1. The first-order valence-corrected chi connectivity index (χ1v) is 9.62. The van der Waals surface area contributed by atoms with Gasteiger partial charge in [0.1, 0.15) is 10.8 Å². The molecule has 0 aliphatic heterocycles. The van der Waals surface area contributed by atoms with Crippen LogP contribution in [-0.4, -0.2) is 29.5 Å². The maximum absolute atomic E-state index is 12.6. The molecular weight excluding hydrogens is 358 g/mol. The van der Waals surface area contributed by atoms with Crippen LogP contribution in [0, 0.1) is 0 Å². The molecule has 0 unspecified atom stereocenters. The number of methoxy groups -OCH3 is 1. The highest BCUT2D eigenvalue weighted by molar-refractivity contribution is 7.98. The van der Waals surface area contributed by atoms with Gasteiger partial charge in [0.15, 0.2) is 0 Å². The fraction of sp³-hybridized carbons (Fsp3) is 0.190. The monoisotopic (exact) mass is 379 g/mol. The first-order valence-electron chi connectivity index (χ1n) is 8.64. The molecule has 1 N–H and O–H groups in total. The zero-order valence-corrected chi connectivity index (χ0v) is 15.9. The van der Waals surface area contributed by atoms with Crippen molar-refractivity contribution in [1.82, 2.24) is 15.3 Å². The van der Waals surface area contributed by atoms with Gasteiger partial charge in [0, 0.05) is 30.9 Å². The van der Waals surface area contributed by atoms with Crippen molar-refractivity contribution < 1.29 is 9.53 Å². The van der Waals surface area contributed by atoms with Gasteiger partial charge in [-0.25, -0.2) is 4.98 Å². The van der Waals surface area contributed by atoms with Gasteiger partial charge in [0.05, 0.1) is 12.7 Å². The maximum atomic E-state index is 12.6. The third-order valence-corrected chi connectivity index (χ3v) is 5.08. The highest BCUT2D eigenvalue weighted by atomic mass is 32.2. The van der Waals surface area contributed by atoms with Crippen LogP contribution in [0.2, 0.25) is 0 Å². The van der Waals surface area contributed by atoms with Crippen LogP contribution in [-0.2, 0) is 12.2 Å². The molecule has 5 nitrogen and oxygen atoms in total. The lowest BCUT2D eigenvalue weighted by Crippen LogP contribution is -2.26. The van der Waals surface area contributed by atoms with Crippen LogP contribution in [0.4, 0.5) is 0 Å². The summed E-state index contributed by atoms with van der Waals surface area (Å²) in [4.78, 5) is 21.0. The van der Waals surface area contributed by atoms with E-state index in [1.165, 1.54) is 0 Å².